The van der Waals surface area contributed by atoms with Gasteiger partial charge in [0, 0.05) is 11.8 Å². The lowest BCUT2D eigenvalue weighted by molar-refractivity contribution is 0.917. The molecule has 80 valence electrons. The van der Waals surface area contributed by atoms with Crippen LogP contribution in [-0.4, -0.2) is 18.1 Å². The van der Waals surface area contributed by atoms with E-state index in [9.17, 15) is 0 Å². The molecular weight excluding hydrogens is 222 g/mol. The second kappa shape index (κ2) is 4.90. The molecule has 0 saturated carbocycles. The van der Waals surface area contributed by atoms with Crippen molar-refractivity contribution >= 4 is 38.9 Å². The molecule has 2 rings (SSSR count). The molecule has 0 spiro atoms. The molecule has 0 aliphatic carbocycles. The smallest absolute Gasteiger partial charge is 0.0574 e. The van der Waals surface area contributed by atoms with Crippen molar-refractivity contribution in [1.29, 1.82) is 0 Å². The summed E-state index contributed by atoms with van der Waals surface area (Å²) in [6.07, 6.45) is 2.14. The number of anilines is 1. The third kappa shape index (κ3) is 2.47. The molecule has 1 nitrogen and oxygen atoms in total. The lowest BCUT2D eigenvalue weighted by atomic mass is 10.2. The van der Waals surface area contributed by atoms with Crippen LogP contribution in [0.4, 0.5) is 5.69 Å². The highest BCUT2D eigenvalue weighted by atomic mass is 32.2. The van der Waals surface area contributed by atoms with Gasteiger partial charge in [-0.15, -0.1) is 11.3 Å². The first-order chi connectivity index (χ1) is 7.31. The summed E-state index contributed by atoms with van der Waals surface area (Å²) in [7, 11) is 0. The summed E-state index contributed by atoms with van der Waals surface area (Å²) in [4.78, 5) is 0. The summed E-state index contributed by atoms with van der Waals surface area (Å²) in [6, 6.07) is 9.13. The number of hydrogen-bond donors (Lipinski definition) is 1. The molecule has 0 amide bonds. The molecule has 0 aliphatic rings. The fourth-order valence-electron chi connectivity index (χ4n) is 1.66. The van der Waals surface area contributed by atoms with Crippen LogP contribution in [0, 0.1) is 0 Å². The topological polar surface area (TPSA) is 12.0 Å². The summed E-state index contributed by atoms with van der Waals surface area (Å²) in [6.45, 7) is 2.23. The minimum absolute atomic E-state index is 0.521. The number of benzene rings is 1. The summed E-state index contributed by atoms with van der Waals surface area (Å²) in [5.74, 6) is 1.14. The van der Waals surface area contributed by atoms with Crippen LogP contribution in [0.15, 0.2) is 29.6 Å². The van der Waals surface area contributed by atoms with E-state index in [0.717, 1.165) is 5.75 Å². The highest BCUT2D eigenvalue weighted by Crippen LogP contribution is 2.29. The van der Waals surface area contributed by atoms with Crippen LogP contribution in [0.5, 0.6) is 0 Å². The average Bonchev–Trinajstić information content (AvgIpc) is 2.67. The van der Waals surface area contributed by atoms with Gasteiger partial charge in [0.1, 0.15) is 0 Å². The van der Waals surface area contributed by atoms with Gasteiger partial charge in [0.25, 0.3) is 0 Å². The van der Waals surface area contributed by atoms with Crippen molar-refractivity contribution in [3.8, 4) is 0 Å². The largest absolute Gasteiger partial charge is 0.381 e. The standard InChI is InChI=1S/C12H15NS2/c1-9(8-14-2)13-11-5-3-4-10-6-7-15-12(10)11/h3-7,9,13H,8H2,1-2H3. The van der Waals surface area contributed by atoms with Crippen LogP contribution in [0.3, 0.4) is 0 Å². The first-order valence-corrected chi connectivity index (χ1v) is 7.30. The van der Waals surface area contributed by atoms with Crippen LogP contribution in [0.1, 0.15) is 6.92 Å². The summed E-state index contributed by atoms with van der Waals surface area (Å²) < 4.78 is 1.37. The molecule has 1 heterocycles. The number of hydrogen-bond acceptors (Lipinski definition) is 3. The Bertz CT molecular complexity index is 436. The zero-order valence-electron chi connectivity index (χ0n) is 8.99. The Kier molecular flexibility index (Phi) is 3.54. The van der Waals surface area contributed by atoms with Gasteiger partial charge >= 0.3 is 0 Å². The minimum Gasteiger partial charge on any atom is -0.381 e. The summed E-state index contributed by atoms with van der Waals surface area (Å²) >= 11 is 3.68. The van der Waals surface area contributed by atoms with Crippen molar-refractivity contribution in [3.05, 3.63) is 29.6 Å². The van der Waals surface area contributed by atoms with Gasteiger partial charge in [-0.2, -0.15) is 11.8 Å². The van der Waals surface area contributed by atoms with Crippen LogP contribution in [0.25, 0.3) is 10.1 Å². The van der Waals surface area contributed by atoms with E-state index in [1.165, 1.54) is 15.8 Å². The second-order valence-electron chi connectivity index (χ2n) is 3.65. The Hall–Kier alpha value is -0.670. The fraction of sp³-hybridized carbons (Fsp3) is 0.333. The van der Waals surface area contributed by atoms with E-state index in [-0.39, 0.29) is 0 Å². The van der Waals surface area contributed by atoms with Crippen molar-refractivity contribution < 1.29 is 0 Å². The summed E-state index contributed by atoms with van der Waals surface area (Å²) in [5, 5.41) is 7.04. The van der Waals surface area contributed by atoms with E-state index in [0.29, 0.717) is 6.04 Å². The molecule has 15 heavy (non-hydrogen) atoms. The fourth-order valence-corrected chi connectivity index (χ4v) is 3.12. The van der Waals surface area contributed by atoms with E-state index >= 15 is 0 Å². The van der Waals surface area contributed by atoms with Gasteiger partial charge in [-0.1, -0.05) is 12.1 Å². The number of nitrogens with one attached hydrogen (secondary N) is 1. The van der Waals surface area contributed by atoms with Gasteiger partial charge in [-0.25, -0.2) is 0 Å². The molecule has 1 unspecified atom stereocenters. The number of fused-ring (bicyclic) bond motifs is 1. The van der Waals surface area contributed by atoms with Crippen molar-refractivity contribution in [3.63, 3.8) is 0 Å². The highest BCUT2D eigenvalue weighted by molar-refractivity contribution is 7.98. The average molecular weight is 237 g/mol. The third-order valence-corrected chi connectivity index (χ3v) is 4.09. The van der Waals surface area contributed by atoms with Gasteiger partial charge in [0.15, 0.2) is 0 Å². The van der Waals surface area contributed by atoms with E-state index in [1.807, 2.05) is 11.8 Å². The van der Waals surface area contributed by atoms with Crippen LogP contribution >= 0.6 is 23.1 Å². The van der Waals surface area contributed by atoms with Crippen molar-refractivity contribution in [2.24, 2.45) is 0 Å². The van der Waals surface area contributed by atoms with Crippen LogP contribution < -0.4 is 5.32 Å². The zero-order chi connectivity index (χ0) is 10.7. The van der Waals surface area contributed by atoms with Gasteiger partial charge in [-0.3, -0.25) is 0 Å². The molecule has 0 saturated heterocycles. The van der Waals surface area contributed by atoms with Crippen molar-refractivity contribution in [2.45, 2.75) is 13.0 Å². The van der Waals surface area contributed by atoms with Gasteiger partial charge in [0.2, 0.25) is 0 Å². The van der Waals surface area contributed by atoms with Gasteiger partial charge < -0.3 is 5.32 Å². The number of thiophene rings is 1. The van der Waals surface area contributed by atoms with E-state index in [2.05, 4.69) is 48.1 Å². The molecular formula is C12H15NS2. The lowest BCUT2D eigenvalue weighted by Crippen LogP contribution is -2.17. The molecule has 3 heteroatoms. The monoisotopic (exact) mass is 237 g/mol. The Morgan fingerprint density at radius 3 is 3.07 bits per heavy atom. The maximum absolute atomic E-state index is 3.56. The first kappa shape index (κ1) is 10.8. The maximum atomic E-state index is 3.56. The van der Waals surface area contributed by atoms with E-state index < -0.39 is 0 Å². The molecule has 1 aromatic heterocycles. The summed E-state index contributed by atoms with van der Waals surface area (Å²) in [5.41, 5.74) is 1.27. The van der Waals surface area contributed by atoms with Crippen LogP contribution in [-0.2, 0) is 0 Å². The maximum Gasteiger partial charge on any atom is 0.0574 e. The molecule has 0 aliphatic heterocycles. The quantitative estimate of drug-likeness (QED) is 0.860. The zero-order valence-corrected chi connectivity index (χ0v) is 10.6. The first-order valence-electron chi connectivity index (χ1n) is 5.03. The molecule has 0 bridgehead atoms. The van der Waals surface area contributed by atoms with Gasteiger partial charge in [0.05, 0.1) is 10.4 Å². The normalized spacial score (nSPS) is 12.9. The van der Waals surface area contributed by atoms with Crippen molar-refractivity contribution in [1.82, 2.24) is 0 Å². The minimum atomic E-state index is 0.521. The molecule has 1 N–H and O–H groups in total. The Morgan fingerprint density at radius 2 is 2.27 bits per heavy atom. The Morgan fingerprint density at radius 1 is 1.40 bits per heavy atom. The lowest BCUT2D eigenvalue weighted by Gasteiger charge is -2.14. The van der Waals surface area contributed by atoms with E-state index in [4.69, 9.17) is 0 Å². The molecule has 2 aromatic rings. The SMILES string of the molecule is CSCC(C)Nc1cccc2ccsc12. The third-order valence-electron chi connectivity index (χ3n) is 2.30. The number of rotatable bonds is 4. The highest BCUT2D eigenvalue weighted by Gasteiger charge is 2.05. The number of thioether (sulfide) groups is 1. The molecule has 0 radical (unpaired) electrons. The Labute approximate surface area is 98.9 Å². The predicted molar refractivity (Wildman–Crippen MR) is 73.3 cm³/mol. The molecule has 1 aromatic carbocycles. The molecule has 0 fully saturated rings. The van der Waals surface area contributed by atoms with Gasteiger partial charge in [-0.05, 0) is 36.1 Å². The second-order valence-corrected chi connectivity index (χ2v) is 5.47. The predicted octanol–water partition coefficient (Wildman–Crippen LogP) is 4.06. The van der Waals surface area contributed by atoms with Crippen LogP contribution in [0.2, 0.25) is 0 Å². The molecule has 1 atom stereocenters. The Balaban J connectivity index is 2.23. The van der Waals surface area contributed by atoms with Crippen molar-refractivity contribution in [2.75, 3.05) is 17.3 Å². The van der Waals surface area contributed by atoms with E-state index in [1.54, 1.807) is 11.3 Å².